The van der Waals surface area contributed by atoms with Gasteiger partial charge in [-0.15, -0.1) is 11.3 Å². The monoisotopic (exact) mass is 591 g/mol. The molecule has 1 heterocycles. The number of nitrogens with zero attached hydrogens (tertiary/aromatic N) is 2. The summed E-state index contributed by atoms with van der Waals surface area (Å²) in [7, 11) is 1.48. The van der Waals surface area contributed by atoms with Crippen molar-refractivity contribution in [3.8, 4) is 23.6 Å². The molecule has 2 N–H and O–H groups in total. The number of hydrogen-bond donors (Lipinski definition) is 2. The maximum absolute atomic E-state index is 13.0. The smallest absolute Gasteiger partial charge is 0.335 e. The number of aryl methyl sites for hydroxylation is 1. The summed E-state index contributed by atoms with van der Waals surface area (Å²) in [5.41, 5.74) is 2.85. The molecule has 1 aliphatic rings. The van der Waals surface area contributed by atoms with Crippen molar-refractivity contribution in [1.82, 2.24) is 0 Å². The van der Waals surface area contributed by atoms with Crippen LogP contribution < -0.4 is 14.8 Å². The molecule has 10 heteroatoms. The molecule has 1 amide bonds. The van der Waals surface area contributed by atoms with Crippen molar-refractivity contribution in [3.05, 3.63) is 79.1 Å². The van der Waals surface area contributed by atoms with Crippen LogP contribution in [0, 0.1) is 22.7 Å². The number of amides is 1. The topological polar surface area (TPSA) is 132 Å². The van der Waals surface area contributed by atoms with Crippen molar-refractivity contribution < 1.29 is 24.2 Å². The molecule has 0 saturated heterocycles. The Hall–Kier alpha value is -4.12. The molecule has 0 bridgehead atoms. The molecule has 1 aliphatic carbocycles. The van der Waals surface area contributed by atoms with E-state index in [4.69, 9.17) is 14.6 Å². The predicted octanol–water partition coefficient (Wildman–Crippen LogP) is 6.09. The molecule has 0 aliphatic heterocycles. The second kappa shape index (κ2) is 12.0. The maximum atomic E-state index is 13.0. The highest BCUT2D eigenvalue weighted by Crippen LogP contribution is 2.39. The Bertz CT molecular complexity index is 1510. The van der Waals surface area contributed by atoms with E-state index in [2.05, 4.69) is 27.3 Å². The third kappa shape index (κ3) is 5.88. The molecular formula is C28H22BrN3O5S. The van der Waals surface area contributed by atoms with E-state index >= 15 is 0 Å². The summed E-state index contributed by atoms with van der Waals surface area (Å²) in [6.45, 7) is 0.169. The molecule has 38 heavy (non-hydrogen) atoms. The zero-order valence-electron chi connectivity index (χ0n) is 20.3. The lowest BCUT2D eigenvalue weighted by molar-refractivity contribution is -0.112. The maximum Gasteiger partial charge on any atom is 0.335 e. The van der Waals surface area contributed by atoms with E-state index < -0.39 is 11.9 Å². The van der Waals surface area contributed by atoms with E-state index in [1.165, 1.54) is 36.7 Å². The third-order valence-corrected chi connectivity index (χ3v) is 7.82. The predicted molar refractivity (Wildman–Crippen MR) is 146 cm³/mol. The lowest BCUT2D eigenvalue weighted by atomic mass is 9.96. The van der Waals surface area contributed by atoms with Crippen molar-refractivity contribution in [2.75, 3.05) is 12.4 Å². The quantitative estimate of drug-likeness (QED) is 0.239. The first kappa shape index (κ1) is 26.9. The number of thiophene rings is 1. The van der Waals surface area contributed by atoms with Crippen LogP contribution in [0.15, 0.2) is 46.4 Å². The fourth-order valence-corrected chi connectivity index (χ4v) is 5.93. The zero-order valence-corrected chi connectivity index (χ0v) is 22.7. The van der Waals surface area contributed by atoms with Crippen LogP contribution >= 0.6 is 27.3 Å². The molecule has 8 nitrogen and oxygen atoms in total. The summed E-state index contributed by atoms with van der Waals surface area (Å²) >= 11 is 4.87. The molecule has 192 valence electrons. The van der Waals surface area contributed by atoms with Crippen molar-refractivity contribution in [1.29, 1.82) is 10.5 Å². The lowest BCUT2D eigenvalue weighted by Crippen LogP contribution is -2.13. The van der Waals surface area contributed by atoms with Gasteiger partial charge in [-0.1, -0.05) is 12.1 Å². The Labute approximate surface area is 231 Å². The first-order valence-electron chi connectivity index (χ1n) is 11.6. The SMILES string of the molecule is COc1cc(/C=C(\C#N)C(=O)Nc2sc3c(c2C#N)CCCC3)cc(Br)c1OCc1ccc(C(=O)O)cc1. The van der Waals surface area contributed by atoms with E-state index in [0.29, 0.717) is 32.1 Å². The molecule has 0 atom stereocenters. The molecule has 0 fully saturated rings. The Morgan fingerprint density at radius 2 is 1.92 bits per heavy atom. The van der Waals surface area contributed by atoms with Crippen LogP contribution in [0.5, 0.6) is 11.5 Å². The number of carbonyl (C=O) groups is 2. The van der Waals surface area contributed by atoms with Crippen molar-refractivity contribution in [3.63, 3.8) is 0 Å². The minimum absolute atomic E-state index is 0.124. The average Bonchev–Trinajstić information content (AvgIpc) is 3.27. The van der Waals surface area contributed by atoms with Gasteiger partial charge in [-0.3, -0.25) is 4.79 Å². The number of fused-ring (bicyclic) bond motifs is 1. The van der Waals surface area contributed by atoms with Crippen molar-refractivity contribution in [2.24, 2.45) is 0 Å². The second-order valence-corrected chi connectivity index (χ2v) is 10.4. The summed E-state index contributed by atoms with van der Waals surface area (Å²) in [5, 5.41) is 31.6. The van der Waals surface area contributed by atoms with Gasteiger partial charge in [-0.05, 0) is 88.6 Å². The minimum Gasteiger partial charge on any atom is -0.493 e. The number of halogens is 1. The van der Waals surface area contributed by atoms with Gasteiger partial charge in [0, 0.05) is 4.88 Å². The van der Waals surface area contributed by atoms with Gasteiger partial charge in [0.2, 0.25) is 0 Å². The standard InChI is InChI=1S/C28H22BrN3O5S/c1-36-23-12-17(11-22(29)25(23)37-15-16-6-8-18(9-7-16)28(34)35)10-19(13-30)26(33)32-27-21(14-31)20-4-2-3-5-24(20)38-27/h6-12H,2-5,15H2,1H3,(H,32,33)(H,34,35)/b19-10+. The van der Waals surface area contributed by atoms with E-state index in [1.54, 1.807) is 24.3 Å². The highest BCUT2D eigenvalue weighted by Gasteiger charge is 2.23. The van der Waals surface area contributed by atoms with E-state index in [1.807, 2.05) is 6.07 Å². The molecule has 0 unspecified atom stereocenters. The van der Waals surface area contributed by atoms with Crippen LogP contribution in [0.1, 0.15) is 50.3 Å². The van der Waals surface area contributed by atoms with Gasteiger partial charge in [0.15, 0.2) is 11.5 Å². The number of nitrogens with one attached hydrogen (secondary N) is 1. The van der Waals surface area contributed by atoms with Crippen molar-refractivity contribution in [2.45, 2.75) is 32.3 Å². The Balaban J connectivity index is 1.53. The van der Waals surface area contributed by atoms with E-state index in [0.717, 1.165) is 41.7 Å². The number of benzene rings is 2. The molecule has 2 aromatic carbocycles. The molecule has 4 rings (SSSR count). The number of aromatic carboxylic acids is 1. The molecule has 1 aromatic heterocycles. The number of carboxylic acids is 1. The Morgan fingerprint density at radius 3 is 2.58 bits per heavy atom. The average molecular weight is 592 g/mol. The third-order valence-electron chi connectivity index (χ3n) is 6.02. The van der Waals surface area contributed by atoms with Crippen LogP contribution in [0.3, 0.4) is 0 Å². The van der Waals surface area contributed by atoms with Crippen LogP contribution in [-0.2, 0) is 24.2 Å². The van der Waals surface area contributed by atoms with Gasteiger partial charge >= 0.3 is 5.97 Å². The van der Waals surface area contributed by atoms with Gasteiger partial charge in [0.25, 0.3) is 5.91 Å². The van der Waals surface area contributed by atoms with E-state index in [9.17, 15) is 20.1 Å². The number of methoxy groups -OCH3 is 1. The van der Waals surface area contributed by atoms with Gasteiger partial charge in [-0.2, -0.15) is 10.5 Å². The molecular weight excluding hydrogens is 570 g/mol. The number of anilines is 1. The first-order valence-corrected chi connectivity index (χ1v) is 13.3. The molecule has 3 aromatic rings. The van der Waals surface area contributed by atoms with Gasteiger partial charge in [0.1, 0.15) is 29.3 Å². The van der Waals surface area contributed by atoms with Gasteiger partial charge in [-0.25, -0.2) is 4.79 Å². The Kier molecular flexibility index (Phi) is 8.47. The number of ether oxygens (including phenoxy) is 2. The Morgan fingerprint density at radius 1 is 1.18 bits per heavy atom. The van der Waals surface area contributed by atoms with Crippen LogP contribution in [0.25, 0.3) is 6.08 Å². The largest absolute Gasteiger partial charge is 0.493 e. The first-order chi connectivity index (χ1) is 18.3. The molecule has 0 radical (unpaired) electrons. The fraction of sp³-hybridized carbons (Fsp3) is 0.214. The highest BCUT2D eigenvalue weighted by molar-refractivity contribution is 9.10. The lowest BCUT2D eigenvalue weighted by Gasteiger charge is -2.14. The molecule has 0 spiro atoms. The molecule has 0 saturated carbocycles. The highest BCUT2D eigenvalue weighted by atomic mass is 79.9. The zero-order chi connectivity index (χ0) is 27.2. The van der Waals surface area contributed by atoms with Gasteiger partial charge < -0.3 is 19.9 Å². The number of carbonyl (C=O) groups excluding carboxylic acids is 1. The number of nitriles is 2. The number of rotatable bonds is 8. The van der Waals surface area contributed by atoms with Crippen molar-refractivity contribution >= 4 is 50.2 Å². The summed E-state index contributed by atoms with van der Waals surface area (Å²) in [6.07, 6.45) is 5.23. The fourth-order valence-electron chi connectivity index (χ4n) is 4.12. The summed E-state index contributed by atoms with van der Waals surface area (Å²) in [5.74, 6) is -0.806. The second-order valence-electron chi connectivity index (χ2n) is 8.48. The van der Waals surface area contributed by atoms with Crippen LogP contribution in [0.2, 0.25) is 0 Å². The normalized spacial score (nSPS) is 12.6. The van der Waals surface area contributed by atoms with Crippen LogP contribution in [0.4, 0.5) is 5.00 Å². The summed E-state index contributed by atoms with van der Waals surface area (Å²) < 4.78 is 11.9. The number of carboxylic acid groups (broad SMARTS) is 1. The minimum atomic E-state index is -1.00. The summed E-state index contributed by atoms with van der Waals surface area (Å²) in [6, 6.07) is 13.8. The number of hydrogen-bond acceptors (Lipinski definition) is 7. The van der Waals surface area contributed by atoms with Gasteiger partial charge in [0.05, 0.1) is 22.7 Å². The summed E-state index contributed by atoms with van der Waals surface area (Å²) in [4.78, 5) is 25.1. The van der Waals surface area contributed by atoms with E-state index in [-0.39, 0.29) is 17.7 Å². The van der Waals surface area contributed by atoms with Crippen LogP contribution in [-0.4, -0.2) is 24.1 Å².